The molecule has 4 N–H and O–H groups in total. The van der Waals surface area contributed by atoms with Crippen molar-refractivity contribution in [3.8, 4) is 0 Å². The highest BCUT2D eigenvalue weighted by Gasteiger charge is 2.52. The summed E-state index contributed by atoms with van der Waals surface area (Å²) in [6.07, 6.45) is 7.87. The molecule has 10 nitrogen and oxygen atoms in total. The van der Waals surface area contributed by atoms with E-state index in [4.69, 9.17) is 19.3 Å². The third-order valence-electron chi connectivity index (χ3n) is 9.78. The van der Waals surface area contributed by atoms with Crippen LogP contribution in [0.5, 0.6) is 0 Å². The molecule has 2 rings (SSSR count). The van der Waals surface area contributed by atoms with Crippen LogP contribution >= 0.6 is 0 Å². The van der Waals surface area contributed by atoms with Gasteiger partial charge in [-0.25, -0.2) is 14.4 Å². The van der Waals surface area contributed by atoms with Crippen LogP contribution in [0.15, 0.2) is 59.3 Å². The van der Waals surface area contributed by atoms with Gasteiger partial charge in [0, 0.05) is 54.2 Å². The Bertz CT molecular complexity index is 1280. The summed E-state index contributed by atoms with van der Waals surface area (Å²) in [5, 5.41) is 43.4. The van der Waals surface area contributed by atoms with Crippen molar-refractivity contribution in [3.05, 3.63) is 59.3 Å². The predicted molar refractivity (Wildman–Crippen MR) is 183 cm³/mol. The lowest BCUT2D eigenvalue weighted by Gasteiger charge is -2.50. The maximum Gasteiger partial charge on any atom is 0.334 e. The highest BCUT2D eigenvalue weighted by Crippen LogP contribution is 2.42. The Morgan fingerprint density at radius 1 is 1.08 bits per heavy atom. The summed E-state index contributed by atoms with van der Waals surface area (Å²) in [5.74, 6) is -6.67. The van der Waals surface area contributed by atoms with Crippen molar-refractivity contribution in [2.75, 3.05) is 0 Å². The standard InChI is InChI=1S/C38H58O10/c1-21(2)36-28(9)31(46-33(41)16-15-32(39)40)20-38(45,48-36)29(10)35(43)27(8)30-14-12-11-13-22(3)17-24(5)34(42)25(6)18-23(4)19-26(7)37(44)47-30/h11-13,15-16,18-19,21,24-25,27-31,34-36,42-43,45H,14,17,20H2,1-10H3,(H,39,40). The fraction of sp³-hybridized carbons (Fsp3) is 0.658. The Hall–Kier alpha value is -3.05. The molecule has 0 radical (unpaired) electrons. The lowest BCUT2D eigenvalue weighted by atomic mass is 9.76. The monoisotopic (exact) mass is 674 g/mol. The zero-order valence-electron chi connectivity index (χ0n) is 30.3. The third-order valence-corrected chi connectivity index (χ3v) is 9.78. The van der Waals surface area contributed by atoms with E-state index in [2.05, 4.69) is 0 Å². The van der Waals surface area contributed by atoms with E-state index in [9.17, 15) is 29.7 Å². The molecule has 0 aromatic carbocycles. The Morgan fingerprint density at radius 2 is 1.73 bits per heavy atom. The van der Waals surface area contributed by atoms with E-state index < -0.39 is 66.1 Å². The molecule has 0 spiro atoms. The zero-order valence-corrected chi connectivity index (χ0v) is 30.3. The second kappa shape index (κ2) is 18.1. The van der Waals surface area contributed by atoms with Crippen LogP contribution in [0.3, 0.4) is 0 Å². The number of esters is 2. The van der Waals surface area contributed by atoms with Crippen LogP contribution in [-0.2, 0) is 28.6 Å². The normalized spacial score (nSPS) is 33.2. The zero-order chi connectivity index (χ0) is 36.5. The number of rotatable bonds is 8. The van der Waals surface area contributed by atoms with Crippen molar-refractivity contribution in [1.29, 1.82) is 0 Å². The summed E-state index contributed by atoms with van der Waals surface area (Å²) in [4.78, 5) is 36.6. The molecule has 0 amide bonds. The number of ether oxygens (including phenoxy) is 3. The van der Waals surface area contributed by atoms with Crippen molar-refractivity contribution >= 4 is 17.9 Å². The van der Waals surface area contributed by atoms with E-state index in [1.807, 2.05) is 72.8 Å². The predicted octanol–water partition coefficient (Wildman–Crippen LogP) is 5.68. The maximum atomic E-state index is 13.3. The Morgan fingerprint density at radius 3 is 2.33 bits per heavy atom. The maximum absolute atomic E-state index is 13.3. The molecule has 48 heavy (non-hydrogen) atoms. The first-order chi connectivity index (χ1) is 22.3. The molecule has 11 atom stereocenters. The van der Waals surface area contributed by atoms with Gasteiger partial charge in [0.05, 0.1) is 18.3 Å². The molecule has 11 unspecified atom stereocenters. The number of carbonyl (C=O) groups excluding carboxylic acids is 2. The third kappa shape index (κ3) is 11.5. The van der Waals surface area contributed by atoms with Crippen molar-refractivity contribution in [2.45, 2.75) is 125 Å². The van der Waals surface area contributed by atoms with Gasteiger partial charge in [-0.1, -0.05) is 83.9 Å². The fourth-order valence-corrected chi connectivity index (χ4v) is 6.75. The number of aliphatic hydroxyl groups excluding tert-OH is 2. The quantitative estimate of drug-likeness (QED) is 0.186. The summed E-state index contributed by atoms with van der Waals surface area (Å²) in [6.45, 7) is 18.6. The van der Waals surface area contributed by atoms with Crippen LogP contribution in [0, 0.1) is 35.5 Å². The first-order valence-electron chi connectivity index (χ1n) is 17.0. The molecule has 2 aliphatic rings. The van der Waals surface area contributed by atoms with E-state index in [0.717, 1.165) is 17.2 Å². The molecule has 0 saturated carbocycles. The van der Waals surface area contributed by atoms with E-state index >= 15 is 0 Å². The number of aliphatic carboxylic acids is 1. The SMILES string of the molecule is CC1=CC(C)C(O)C(C)CC(C)=CC=CCC(C(C)C(O)C(C)C2(O)CC(OC(=O)C=CC(=O)O)C(C)C(C(C)C)O2)OC(=O)C(C)=C1. The smallest absolute Gasteiger partial charge is 0.334 e. The molecule has 0 bridgehead atoms. The lowest BCUT2D eigenvalue weighted by Crippen LogP contribution is -2.59. The van der Waals surface area contributed by atoms with Crippen molar-refractivity contribution in [1.82, 2.24) is 0 Å². The van der Waals surface area contributed by atoms with Crippen LogP contribution < -0.4 is 0 Å². The minimum Gasteiger partial charge on any atom is -0.478 e. The van der Waals surface area contributed by atoms with E-state index in [0.29, 0.717) is 24.5 Å². The summed E-state index contributed by atoms with van der Waals surface area (Å²) >= 11 is 0. The second-order valence-corrected chi connectivity index (χ2v) is 14.4. The average molecular weight is 675 g/mol. The second-order valence-electron chi connectivity index (χ2n) is 14.4. The number of aliphatic hydroxyl groups is 3. The van der Waals surface area contributed by atoms with E-state index in [1.54, 1.807) is 26.8 Å². The molecule has 0 aliphatic carbocycles. The summed E-state index contributed by atoms with van der Waals surface area (Å²) in [6, 6.07) is 0. The summed E-state index contributed by atoms with van der Waals surface area (Å²) in [7, 11) is 0. The number of cyclic esters (lactones) is 1. The number of hydrogen-bond acceptors (Lipinski definition) is 9. The number of carbonyl (C=O) groups is 3. The van der Waals surface area contributed by atoms with Gasteiger partial charge in [-0.2, -0.15) is 0 Å². The van der Waals surface area contributed by atoms with Gasteiger partial charge >= 0.3 is 17.9 Å². The van der Waals surface area contributed by atoms with Gasteiger partial charge < -0.3 is 34.6 Å². The molecule has 0 aromatic rings. The van der Waals surface area contributed by atoms with Crippen LogP contribution in [-0.4, -0.2) is 74.6 Å². The van der Waals surface area contributed by atoms with Gasteiger partial charge in [-0.15, -0.1) is 0 Å². The average Bonchev–Trinajstić information content (AvgIpc) is 3.00. The summed E-state index contributed by atoms with van der Waals surface area (Å²) in [5.41, 5.74) is 2.28. The van der Waals surface area contributed by atoms with Crippen molar-refractivity contribution in [2.24, 2.45) is 35.5 Å². The highest BCUT2D eigenvalue weighted by molar-refractivity contribution is 5.90. The van der Waals surface area contributed by atoms with Gasteiger partial charge in [-0.05, 0) is 45.1 Å². The first-order valence-corrected chi connectivity index (χ1v) is 17.0. The van der Waals surface area contributed by atoms with Gasteiger partial charge in [0.2, 0.25) is 0 Å². The van der Waals surface area contributed by atoms with Gasteiger partial charge in [0.25, 0.3) is 0 Å². The number of carboxylic acids is 1. The van der Waals surface area contributed by atoms with E-state index in [-0.39, 0.29) is 30.1 Å². The van der Waals surface area contributed by atoms with Crippen LogP contribution in [0.4, 0.5) is 0 Å². The molecule has 2 aliphatic heterocycles. The highest BCUT2D eigenvalue weighted by atomic mass is 16.6. The van der Waals surface area contributed by atoms with Crippen LogP contribution in [0.1, 0.15) is 88.5 Å². The van der Waals surface area contributed by atoms with Crippen molar-refractivity contribution in [3.63, 3.8) is 0 Å². The minimum absolute atomic E-state index is 0.0245. The van der Waals surface area contributed by atoms with Crippen LogP contribution in [0.2, 0.25) is 0 Å². The Balaban J connectivity index is 2.40. The largest absolute Gasteiger partial charge is 0.478 e. The molecule has 0 aromatic heterocycles. The Kier molecular flexibility index (Phi) is 15.5. The van der Waals surface area contributed by atoms with E-state index in [1.165, 1.54) is 0 Å². The van der Waals surface area contributed by atoms with Gasteiger partial charge in [-0.3, -0.25) is 0 Å². The molecule has 10 heteroatoms. The lowest BCUT2D eigenvalue weighted by molar-refractivity contribution is -0.328. The first kappa shape index (κ1) is 41.1. The fourth-order valence-electron chi connectivity index (χ4n) is 6.75. The number of hydrogen-bond donors (Lipinski definition) is 4. The molecule has 1 fully saturated rings. The minimum atomic E-state index is -1.91. The van der Waals surface area contributed by atoms with Crippen LogP contribution in [0.25, 0.3) is 0 Å². The molecule has 270 valence electrons. The summed E-state index contributed by atoms with van der Waals surface area (Å²) < 4.78 is 17.8. The number of carboxylic acid groups (broad SMARTS) is 1. The molecular formula is C38H58O10. The molecule has 2 heterocycles. The number of allylic oxidation sites excluding steroid dienone is 5. The topological polar surface area (TPSA) is 160 Å². The molecule has 1 saturated heterocycles. The van der Waals surface area contributed by atoms with Crippen molar-refractivity contribution < 1.29 is 49.0 Å². The molecular weight excluding hydrogens is 616 g/mol. The van der Waals surface area contributed by atoms with Gasteiger partial charge in [0.15, 0.2) is 5.79 Å². The van der Waals surface area contributed by atoms with Gasteiger partial charge in [0.1, 0.15) is 12.2 Å². The Labute approximate surface area is 286 Å².